The van der Waals surface area contributed by atoms with E-state index in [0.29, 0.717) is 0 Å². The van der Waals surface area contributed by atoms with Crippen molar-refractivity contribution in [1.82, 2.24) is 9.97 Å². The molecular formula is C17H23N3. The van der Waals surface area contributed by atoms with Crippen molar-refractivity contribution in [2.24, 2.45) is 0 Å². The summed E-state index contributed by atoms with van der Waals surface area (Å²) >= 11 is 0. The summed E-state index contributed by atoms with van der Waals surface area (Å²) in [5, 5.41) is 0. The maximum absolute atomic E-state index is 4.59. The molecule has 0 aliphatic carbocycles. The van der Waals surface area contributed by atoms with Crippen molar-refractivity contribution >= 4 is 5.69 Å². The maximum atomic E-state index is 4.59. The second-order valence-electron chi connectivity index (χ2n) is 5.11. The third-order valence-corrected chi connectivity index (χ3v) is 3.26. The predicted octanol–water partition coefficient (Wildman–Crippen LogP) is 4.08. The SMILES string of the molecule is CCCN(CCC)c1cccnc1-c1cncc(C)c1. The fraction of sp³-hybridized carbons (Fsp3) is 0.412. The minimum atomic E-state index is 1.03. The molecule has 0 unspecified atom stereocenters. The van der Waals surface area contributed by atoms with Gasteiger partial charge in [0.1, 0.15) is 0 Å². The standard InChI is InChI=1S/C17H23N3/c1-4-9-20(10-5-2)16-7-6-8-19-17(16)15-11-14(3)12-18-13-15/h6-8,11-13H,4-5,9-10H2,1-3H3. The summed E-state index contributed by atoms with van der Waals surface area (Å²) in [7, 11) is 0. The van der Waals surface area contributed by atoms with E-state index in [-0.39, 0.29) is 0 Å². The molecule has 0 amide bonds. The van der Waals surface area contributed by atoms with Gasteiger partial charge < -0.3 is 4.90 Å². The van der Waals surface area contributed by atoms with Crippen molar-refractivity contribution < 1.29 is 0 Å². The average molecular weight is 269 g/mol. The molecule has 2 aromatic heterocycles. The summed E-state index contributed by atoms with van der Waals surface area (Å²) in [4.78, 5) is 11.3. The average Bonchev–Trinajstić information content (AvgIpc) is 2.47. The van der Waals surface area contributed by atoms with E-state index in [1.165, 1.54) is 5.69 Å². The molecule has 2 heterocycles. The lowest BCUT2D eigenvalue weighted by Crippen LogP contribution is -2.25. The quantitative estimate of drug-likeness (QED) is 0.791. The lowest BCUT2D eigenvalue weighted by molar-refractivity contribution is 0.744. The summed E-state index contributed by atoms with van der Waals surface area (Å²) in [6.07, 6.45) is 7.91. The highest BCUT2D eigenvalue weighted by Crippen LogP contribution is 2.28. The van der Waals surface area contributed by atoms with Crippen LogP contribution in [0.4, 0.5) is 5.69 Å². The molecular weight excluding hydrogens is 246 g/mol. The van der Waals surface area contributed by atoms with Gasteiger partial charge in [-0.05, 0) is 43.5 Å². The molecule has 0 bridgehead atoms. The van der Waals surface area contributed by atoms with Crippen molar-refractivity contribution in [3.63, 3.8) is 0 Å². The summed E-state index contributed by atoms with van der Waals surface area (Å²) in [5.74, 6) is 0. The van der Waals surface area contributed by atoms with Crippen LogP contribution in [0.15, 0.2) is 36.8 Å². The molecule has 2 rings (SSSR count). The molecule has 2 aromatic rings. The Hall–Kier alpha value is -1.90. The molecule has 3 heteroatoms. The van der Waals surface area contributed by atoms with Gasteiger partial charge in [-0.2, -0.15) is 0 Å². The third-order valence-electron chi connectivity index (χ3n) is 3.26. The van der Waals surface area contributed by atoms with Crippen LogP contribution in [-0.4, -0.2) is 23.1 Å². The molecule has 0 fully saturated rings. The van der Waals surface area contributed by atoms with Crippen LogP contribution in [0.3, 0.4) is 0 Å². The van der Waals surface area contributed by atoms with Crippen molar-refractivity contribution in [2.75, 3.05) is 18.0 Å². The number of pyridine rings is 2. The number of aromatic nitrogens is 2. The van der Waals surface area contributed by atoms with E-state index in [4.69, 9.17) is 0 Å². The Labute approximate surface area is 121 Å². The Morgan fingerprint density at radius 2 is 1.85 bits per heavy atom. The van der Waals surface area contributed by atoms with Crippen LogP contribution in [0.5, 0.6) is 0 Å². The van der Waals surface area contributed by atoms with Crippen molar-refractivity contribution in [3.05, 3.63) is 42.4 Å². The summed E-state index contributed by atoms with van der Waals surface area (Å²) in [6.45, 7) is 8.62. The van der Waals surface area contributed by atoms with Gasteiger partial charge in [0, 0.05) is 37.2 Å². The third kappa shape index (κ3) is 3.35. The van der Waals surface area contributed by atoms with Crippen LogP contribution in [0.2, 0.25) is 0 Å². The summed E-state index contributed by atoms with van der Waals surface area (Å²) in [5.41, 5.74) is 4.50. The zero-order chi connectivity index (χ0) is 14.4. The fourth-order valence-electron chi connectivity index (χ4n) is 2.45. The van der Waals surface area contributed by atoms with Crippen LogP contribution in [0, 0.1) is 6.92 Å². The second-order valence-corrected chi connectivity index (χ2v) is 5.11. The highest BCUT2D eigenvalue weighted by molar-refractivity contribution is 5.74. The van der Waals surface area contributed by atoms with Gasteiger partial charge in [-0.3, -0.25) is 9.97 Å². The molecule has 20 heavy (non-hydrogen) atoms. The Morgan fingerprint density at radius 1 is 1.10 bits per heavy atom. The maximum Gasteiger partial charge on any atom is 0.0950 e. The van der Waals surface area contributed by atoms with Crippen LogP contribution in [0.25, 0.3) is 11.3 Å². The Bertz CT molecular complexity index is 545. The lowest BCUT2D eigenvalue weighted by atomic mass is 10.1. The van der Waals surface area contributed by atoms with Crippen molar-refractivity contribution in [2.45, 2.75) is 33.6 Å². The molecule has 0 aliphatic rings. The smallest absolute Gasteiger partial charge is 0.0950 e. The summed E-state index contributed by atoms with van der Waals surface area (Å²) in [6, 6.07) is 6.32. The van der Waals surface area contributed by atoms with E-state index in [2.05, 4.69) is 47.8 Å². The number of anilines is 1. The van der Waals surface area contributed by atoms with Gasteiger partial charge >= 0.3 is 0 Å². The lowest BCUT2D eigenvalue weighted by Gasteiger charge is -2.25. The zero-order valence-corrected chi connectivity index (χ0v) is 12.6. The Kier molecular flexibility index (Phi) is 5.10. The topological polar surface area (TPSA) is 29.0 Å². The number of hydrogen-bond acceptors (Lipinski definition) is 3. The Balaban J connectivity index is 2.43. The normalized spacial score (nSPS) is 10.6. The van der Waals surface area contributed by atoms with Crippen LogP contribution in [-0.2, 0) is 0 Å². The first-order chi connectivity index (χ1) is 9.76. The first-order valence-corrected chi connectivity index (χ1v) is 7.38. The largest absolute Gasteiger partial charge is 0.370 e. The van der Waals surface area contributed by atoms with Crippen LogP contribution >= 0.6 is 0 Å². The van der Waals surface area contributed by atoms with E-state index in [1.807, 2.05) is 24.7 Å². The molecule has 0 aliphatic heterocycles. The van der Waals surface area contributed by atoms with Crippen LogP contribution in [0.1, 0.15) is 32.3 Å². The van der Waals surface area contributed by atoms with Gasteiger partial charge in [0.15, 0.2) is 0 Å². The fourth-order valence-corrected chi connectivity index (χ4v) is 2.45. The van der Waals surface area contributed by atoms with Gasteiger partial charge in [0.2, 0.25) is 0 Å². The molecule has 0 N–H and O–H groups in total. The molecule has 0 spiro atoms. The van der Waals surface area contributed by atoms with Gasteiger partial charge in [0.25, 0.3) is 0 Å². The zero-order valence-electron chi connectivity index (χ0n) is 12.6. The Morgan fingerprint density at radius 3 is 2.50 bits per heavy atom. The van der Waals surface area contributed by atoms with E-state index in [9.17, 15) is 0 Å². The van der Waals surface area contributed by atoms with E-state index >= 15 is 0 Å². The predicted molar refractivity (Wildman–Crippen MR) is 85.0 cm³/mol. The summed E-state index contributed by atoms with van der Waals surface area (Å²) < 4.78 is 0. The van der Waals surface area contributed by atoms with Crippen molar-refractivity contribution in [3.8, 4) is 11.3 Å². The molecule has 0 saturated carbocycles. The van der Waals surface area contributed by atoms with E-state index < -0.39 is 0 Å². The molecule has 0 atom stereocenters. The van der Waals surface area contributed by atoms with Gasteiger partial charge in [-0.25, -0.2) is 0 Å². The monoisotopic (exact) mass is 269 g/mol. The highest BCUT2D eigenvalue weighted by Gasteiger charge is 2.12. The molecule has 0 saturated heterocycles. The van der Waals surface area contributed by atoms with Crippen LogP contribution < -0.4 is 4.90 Å². The number of aryl methyl sites for hydroxylation is 1. The van der Waals surface area contributed by atoms with E-state index in [1.54, 1.807) is 0 Å². The first kappa shape index (κ1) is 14.5. The highest BCUT2D eigenvalue weighted by atomic mass is 15.1. The van der Waals surface area contributed by atoms with E-state index in [0.717, 1.165) is 42.8 Å². The van der Waals surface area contributed by atoms with Crippen molar-refractivity contribution in [1.29, 1.82) is 0 Å². The molecule has 0 radical (unpaired) electrons. The minimum Gasteiger partial charge on any atom is -0.370 e. The molecule has 3 nitrogen and oxygen atoms in total. The molecule has 0 aromatic carbocycles. The van der Waals surface area contributed by atoms with Gasteiger partial charge in [0.05, 0.1) is 11.4 Å². The van der Waals surface area contributed by atoms with Gasteiger partial charge in [-0.15, -0.1) is 0 Å². The number of rotatable bonds is 6. The van der Waals surface area contributed by atoms with Gasteiger partial charge in [-0.1, -0.05) is 13.8 Å². The number of hydrogen-bond donors (Lipinski definition) is 0. The second kappa shape index (κ2) is 7.04. The molecule has 106 valence electrons. The number of nitrogens with zero attached hydrogens (tertiary/aromatic N) is 3. The minimum absolute atomic E-state index is 1.03. The first-order valence-electron chi connectivity index (χ1n) is 7.38.